The molecule has 2 aliphatic heterocycles. The molecule has 3 rings (SSSR count). The second-order valence-electron chi connectivity index (χ2n) is 6.38. The molecule has 2 saturated heterocycles. The summed E-state index contributed by atoms with van der Waals surface area (Å²) in [6.45, 7) is 9.32. The molecule has 0 aromatic heterocycles. The van der Waals surface area contributed by atoms with E-state index in [2.05, 4.69) is 28.9 Å². The summed E-state index contributed by atoms with van der Waals surface area (Å²) in [5.74, 6) is 0.889. The minimum Gasteiger partial charge on any atom is -0.337 e. The van der Waals surface area contributed by atoms with Crippen molar-refractivity contribution in [1.82, 2.24) is 9.80 Å². The van der Waals surface area contributed by atoms with E-state index < -0.39 is 0 Å². The Bertz CT molecular complexity index is 512. The molecule has 0 N–H and O–H groups in total. The normalized spacial score (nSPS) is 26.2. The Morgan fingerprint density at radius 2 is 2.00 bits per heavy atom. The van der Waals surface area contributed by atoms with Gasteiger partial charge in [0.15, 0.2) is 0 Å². The number of rotatable bonds is 1. The highest BCUT2D eigenvalue weighted by atomic mass is 16.2. The third kappa shape index (κ3) is 2.73. The van der Waals surface area contributed by atoms with E-state index >= 15 is 0 Å². The fraction of sp³-hybridized carbons (Fsp3) is 0.588. The topological polar surface area (TPSA) is 23.6 Å². The zero-order valence-corrected chi connectivity index (χ0v) is 12.6. The monoisotopic (exact) mass is 272 g/mol. The van der Waals surface area contributed by atoms with E-state index in [-0.39, 0.29) is 5.91 Å². The summed E-state index contributed by atoms with van der Waals surface area (Å²) in [6.07, 6.45) is 2.56. The van der Waals surface area contributed by atoms with Gasteiger partial charge in [-0.05, 0) is 50.8 Å². The van der Waals surface area contributed by atoms with Gasteiger partial charge in [-0.1, -0.05) is 17.7 Å². The van der Waals surface area contributed by atoms with Gasteiger partial charge in [-0.3, -0.25) is 4.79 Å². The predicted molar refractivity (Wildman–Crippen MR) is 81.0 cm³/mol. The molecule has 2 aliphatic rings. The predicted octanol–water partition coefficient (Wildman–Crippen LogP) is 2.47. The van der Waals surface area contributed by atoms with E-state index in [1.54, 1.807) is 0 Å². The molecule has 1 aromatic carbocycles. The molecule has 0 radical (unpaired) electrons. The molecule has 3 heteroatoms. The first-order chi connectivity index (χ1) is 9.63. The lowest BCUT2D eigenvalue weighted by molar-refractivity contribution is 0.0745. The zero-order valence-electron chi connectivity index (χ0n) is 12.6. The number of fused-ring (bicyclic) bond motifs is 2. The lowest BCUT2D eigenvalue weighted by atomic mass is 9.98. The minimum atomic E-state index is 0.222. The third-order valence-corrected chi connectivity index (χ3v) is 4.68. The van der Waals surface area contributed by atoms with Crippen LogP contribution in [-0.4, -0.2) is 48.4 Å². The van der Waals surface area contributed by atoms with Crippen LogP contribution >= 0.6 is 0 Å². The van der Waals surface area contributed by atoms with Gasteiger partial charge in [0.05, 0.1) is 0 Å². The molecular weight excluding hydrogens is 248 g/mol. The number of amides is 1. The van der Waals surface area contributed by atoms with Gasteiger partial charge in [0.2, 0.25) is 0 Å². The van der Waals surface area contributed by atoms with Gasteiger partial charge in [-0.15, -0.1) is 0 Å². The second kappa shape index (κ2) is 5.57. The van der Waals surface area contributed by atoms with Crippen LogP contribution in [0.3, 0.4) is 0 Å². The van der Waals surface area contributed by atoms with Crippen LogP contribution in [0.2, 0.25) is 0 Å². The molecule has 2 atom stereocenters. The average molecular weight is 272 g/mol. The average Bonchev–Trinajstić information content (AvgIpc) is 2.59. The van der Waals surface area contributed by atoms with Gasteiger partial charge in [0.1, 0.15) is 0 Å². The molecular formula is C17H24N2O. The van der Waals surface area contributed by atoms with E-state index in [4.69, 9.17) is 0 Å². The van der Waals surface area contributed by atoms with Crippen molar-refractivity contribution in [2.75, 3.05) is 32.7 Å². The molecule has 1 amide bonds. The molecule has 108 valence electrons. The summed E-state index contributed by atoms with van der Waals surface area (Å²) in [6, 6.07) is 6.17. The first-order valence-electron chi connectivity index (χ1n) is 7.72. The summed E-state index contributed by atoms with van der Waals surface area (Å²) >= 11 is 0. The summed E-state index contributed by atoms with van der Waals surface area (Å²) in [4.78, 5) is 17.4. The van der Waals surface area contributed by atoms with Gasteiger partial charge in [-0.25, -0.2) is 0 Å². The van der Waals surface area contributed by atoms with E-state index in [1.165, 1.54) is 25.9 Å². The van der Waals surface area contributed by atoms with Crippen LogP contribution in [0.1, 0.15) is 34.3 Å². The van der Waals surface area contributed by atoms with Gasteiger partial charge in [-0.2, -0.15) is 0 Å². The van der Waals surface area contributed by atoms with Gasteiger partial charge in [0, 0.05) is 31.7 Å². The third-order valence-electron chi connectivity index (χ3n) is 4.68. The molecule has 0 spiro atoms. The molecule has 20 heavy (non-hydrogen) atoms. The molecule has 1 aromatic rings. The Morgan fingerprint density at radius 1 is 1.15 bits per heavy atom. The number of hydrogen-bond acceptors (Lipinski definition) is 2. The Morgan fingerprint density at radius 3 is 2.85 bits per heavy atom. The standard InChI is InChI=1S/C17H24N2O/c1-13-5-6-14(2)16(10-13)17(20)19-9-8-18-7-3-4-15(11-18)12-19/h5-6,10,15H,3-4,7-9,11-12H2,1-2H3. The van der Waals surface area contributed by atoms with Crippen molar-refractivity contribution in [3.05, 3.63) is 34.9 Å². The number of benzene rings is 1. The highest BCUT2D eigenvalue weighted by Gasteiger charge is 2.29. The maximum absolute atomic E-state index is 12.8. The summed E-state index contributed by atoms with van der Waals surface area (Å²) in [5.41, 5.74) is 3.14. The van der Waals surface area contributed by atoms with Crippen molar-refractivity contribution in [1.29, 1.82) is 0 Å². The second-order valence-corrected chi connectivity index (χ2v) is 6.38. The Hall–Kier alpha value is -1.35. The van der Waals surface area contributed by atoms with E-state index in [1.807, 2.05) is 13.0 Å². The summed E-state index contributed by atoms with van der Waals surface area (Å²) < 4.78 is 0. The lowest BCUT2D eigenvalue weighted by Gasteiger charge is -2.29. The molecule has 2 heterocycles. The molecule has 0 saturated carbocycles. The van der Waals surface area contributed by atoms with E-state index in [9.17, 15) is 4.79 Å². The van der Waals surface area contributed by atoms with Gasteiger partial charge < -0.3 is 9.80 Å². The fourth-order valence-electron chi connectivity index (χ4n) is 3.49. The number of aryl methyl sites for hydroxylation is 2. The van der Waals surface area contributed by atoms with Crippen molar-refractivity contribution < 1.29 is 4.79 Å². The Balaban J connectivity index is 1.81. The van der Waals surface area contributed by atoms with Gasteiger partial charge in [0.25, 0.3) is 5.91 Å². The fourth-order valence-corrected chi connectivity index (χ4v) is 3.49. The molecule has 2 fully saturated rings. The van der Waals surface area contributed by atoms with Crippen LogP contribution in [0, 0.1) is 19.8 Å². The van der Waals surface area contributed by atoms with Crippen molar-refractivity contribution in [2.45, 2.75) is 26.7 Å². The quantitative estimate of drug-likeness (QED) is 0.784. The summed E-state index contributed by atoms with van der Waals surface area (Å²) in [7, 11) is 0. The van der Waals surface area contributed by atoms with E-state index in [0.717, 1.165) is 36.3 Å². The minimum absolute atomic E-state index is 0.222. The number of nitrogens with zero attached hydrogens (tertiary/aromatic N) is 2. The van der Waals surface area contributed by atoms with E-state index in [0.29, 0.717) is 5.92 Å². The first-order valence-corrected chi connectivity index (χ1v) is 7.72. The molecule has 2 bridgehead atoms. The van der Waals surface area contributed by atoms with Crippen molar-refractivity contribution >= 4 is 5.91 Å². The number of hydrogen-bond donors (Lipinski definition) is 0. The highest BCUT2D eigenvalue weighted by Crippen LogP contribution is 2.22. The smallest absolute Gasteiger partial charge is 0.254 e. The Labute approximate surface area is 121 Å². The van der Waals surface area contributed by atoms with Crippen LogP contribution in [0.4, 0.5) is 0 Å². The van der Waals surface area contributed by atoms with Crippen molar-refractivity contribution in [2.24, 2.45) is 5.92 Å². The summed E-state index contributed by atoms with van der Waals surface area (Å²) in [5, 5.41) is 0. The molecule has 3 nitrogen and oxygen atoms in total. The Kier molecular flexibility index (Phi) is 3.79. The largest absolute Gasteiger partial charge is 0.337 e. The maximum Gasteiger partial charge on any atom is 0.254 e. The number of carbonyl (C=O) groups excluding carboxylic acids is 1. The van der Waals surface area contributed by atoms with Crippen LogP contribution in [0.25, 0.3) is 0 Å². The molecule has 2 unspecified atom stereocenters. The maximum atomic E-state index is 12.8. The number of carbonyl (C=O) groups is 1. The number of piperidine rings is 1. The van der Waals surface area contributed by atoms with Crippen molar-refractivity contribution in [3.8, 4) is 0 Å². The van der Waals surface area contributed by atoms with Crippen LogP contribution in [0.15, 0.2) is 18.2 Å². The zero-order chi connectivity index (χ0) is 14.1. The van der Waals surface area contributed by atoms with Crippen LogP contribution in [0.5, 0.6) is 0 Å². The lowest BCUT2D eigenvalue weighted by Crippen LogP contribution is -2.36. The van der Waals surface area contributed by atoms with Crippen molar-refractivity contribution in [3.63, 3.8) is 0 Å². The molecule has 0 aliphatic carbocycles. The van der Waals surface area contributed by atoms with Gasteiger partial charge >= 0.3 is 0 Å². The highest BCUT2D eigenvalue weighted by molar-refractivity contribution is 5.95. The first kappa shape index (κ1) is 13.6. The van der Waals surface area contributed by atoms with Crippen LogP contribution < -0.4 is 0 Å². The SMILES string of the molecule is Cc1ccc(C)c(C(=O)N2CCN3CCCC(C3)C2)c1. The van der Waals surface area contributed by atoms with Crippen LogP contribution in [-0.2, 0) is 0 Å².